The van der Waals surface area contributed by atoms with E-state index in [2.05, 4.69) is 0 Å². The summed E-state index contributed by atoms with van der Waals surface area (Å²) in [5.74, 6) is -0.374. The van der Waals surface area contributed by atoms with Crippen molar-refractivity contribution in [3.05, 3.63) is 64.7 Å². The van der Waals surface area contributed by atoms with Crippen LogP contribution in [0.3, 0.4) is 0 Å². The number of aliphatic hydroxyl groups is 1. The van der Waals surface area contributed by atoms with Crippen LogP contribution in [0, 0.1) is 19.7 Å². The van der Waals surface area contributed by atoms with Gasteiger partial charge in [-0.05, 0) is 73.6 Å². The van der Waals surface area contributed by atoms with Gasteiger partial charge in [-0.3, -0.25) is 4.79 Å². The summed E-state index contributed by atoms with van der Waals surface area (Å²) in [5.41, 5.74) is 4.07. The van der Waals surface area contributed by atoms with Crippen LogP contribution < -0.4 is 0 Å². The number of rotatable bonds is 2. The van der Waals surface area contributed by atoms with E-state index in [1.807, 2.05) is 32.9 Å². The fourth-order valence-electron chi connectivity index (χ4n) is 4.15. The number of hydrogen-bond donors (Lipinski definition) is 1. The van der Waals surface area contributed by atoms with E-state index in [4.69, 9.17) is 4.74 Å². The maximum absolute atomic E-state index is 13.2. The van der Waals surface area contributed by atoms with Gasteiger partial charge in [0.2, 0.25) is 0 Å². The summed E-state index contributed by atoms with van der Waals surface area (Å²) in [5, 5.41) is 10.8. The second kappa shape index (κ2) is 5.78. The molecule has 0 saturated carbocycles. The molecule has 1 saturated heterocycles. The molecule has 2 unspecified atom stereocenters. The SMILES string of the molecule is Cc1cc(-c2ccc(F)cc2)cc(C)c1C1=C(O)C2(C)CCC(O2)C1=O. The molecule has 26 heavy (non-hydrogen) atoms. The molecular formula is C22H21FO3. The van der Waals surface area contributed by atoms with Gasteiger partial charge in [0, 0.05) is 0 Å². The van der Waals surface area contributed by atoms with E-state index in [1.54, 1.807) is 12.1 Å². The highest BCUT2D eigenvalue weighted by Crippen LogP contribution is 2.46. The van der Waals surface area contributed by atoms with Crippen molar-refractivity contribution in [1.82, 2.24) is 0 Å². The van der Waals surface area contributed by atoms with Crippen molar-refractivity contribution < 1.29 is 19.0 Å². The number of halogens is 1. The van der Waals surface area contributed by atoms with E-state index in [0.717, 1.165) is 27.8 Å². The van der Waals surface area contributed by atoms with Crippen molar-refractivity contribution in [3.8, 4) is 11.1 Å². The molecule has 2 aromatic rings. The normalized spacial score (nSPS) is 25.1. The molecule has 1 N–H and O–H groups in total. The third kappa shape index (κ3) is 2.48. The molecule has 2 aromatic carbocycles. The lowest BCUT2D eigenvalue weighted by atomic mass is 9.85. The summed E-state index contributed by atoms with van der Waals surface area (Å²) in [7, 11) is 0. The number of carbonyl (C=O) groups is 1. The van der Waals surface area contributed by atoms with Crippen molar-refractivity contribution in [1.29, 1.82) is 0 Å². The summed E-state index contributed by atoms with van der Waals surface area (Å²) >= 11 is 0. The minimum atomic E-state index is -0.775. The van der Waals surface area contributed by atoms with Crippen molar-refractivity contribution >= 4 is 11.4 Å². The van der Waals surface area contributed by atoms with Gasteiger partial charge in [0.15, 0.2) is 5.78 Å². The van der Waals surface area contributed by atoms with Gasteiger partial charge in [-0.25, -0.2) is 4.39 Å². The number of aliphatic hydroxyl groups excluding tert-OH is 1. The van der Waals surface area contributed by atoms with Crippen LogP contribution in [-0.2, 0) is 9.53 Å². The molecule has 0 amide bonds. The average Bonchev–Trinajstić information content (AvgIpc) is 2.97. The van der Waals surface area contributed by atoms with Gasteiger partial charge in [0.05, 0.1) is 5.57 Å². The molecule has 3 nitrogen and oxygen atoms in total. The Labute approximate surface area is 152 Å². The van der Waals surface area contributed by atoms with Gasteiger partial charge >= 0.3 is 0 Å². The predicted molar refractivity (Wildman–Crippen MR) is 98.4 cm³/mol. The summed E-state index contributed by atoms with van der Waals surface area (Å²) in [6.45, 7) is 5.71. The van der Waals surface area contributed by atoms with Crippen molar-refractivity contribution in [2.75, 3.05) is 0 Å². The number of aryl methyl sites for hydroxylation is 2. The van der Waals surface area contributed by atoms with E-state index in [-0.39, 0.29) is 17.4 Å². The topological polar surface area (TPSA) is 46.5 Å². The average molecular weight is 352 g/mol. The van der Waals surface area contributed by atoms with Crippen LogP contribution >= 0.6 is 0 Å². The van der Waals surface area contributed by atoms with Crippen LogP contribution in [-0.4, -0.2) is 22.6 Å². The van der Waals surface area contributed by atoms with Crippen LogP contribution in [0.4, 0.5) is 4.39 Å². The Hall–Kier alpha value is -2.46. The van der Waals surface area contributed by atoms with Gasteiger partial charge in [0.25, 0.3) is 0 Å². The smallest absolute Gasteiger partial charge is 0.195 e. The highest BCUT2D eigenvalue weighted by atomic mass is 19.1. The Kier molecular flexibility index (Phi) is 3.77. The van der Waals surface area contributed by atoms with E-state index in [1.165, 1.54) is 12.1 Å². The molecule has 2 aliphatic rings. The minimum Gasteiger partial charge on any atom is -0.508 e. The fourth-order valence-corrected chi connectivity index (χ4v) is 4.15. The molecule has 0 radical (unpaired) electrons. The second-order valence-electron chi connectivity index (χ2n) is 7.46. The van der Waals surface area contributed by atoms with E-state index >= 15 is 0 Å². The third-order valence-corrected chi connectivity index (χ3v) is 5.52. The lowest BCUT2D eigenvalue weighted by Crippen LogP contribution is -2.38. The summed E-state index contributed by atoms with van der Waals surface area (Å²) in [6.07, 6.45) is 0.806. The molecule has 2 atom stereocenters. The Morgan fingerprint density at radius 2 is 1.73 bits per heavy atom. The Balaban J connectivity index is 1.86. The Bertz CT molecular complexity index is 919. The molecule has 0 aromatic heterocycles. The first kappa shape index (κ1) is 17.0. The molecule has 2 aliphatic heterocycles. The van der Waals surface area contributed by atoms with Gasteiger partial charge in [-0.15, -0.1) is 0 Å². The molecule has 2 bridgehead atoms. The van der Waals surface area contributed by atoms with E-state index in [0.29, 0.717) is 18.4 Å². The zero-order chi connectivity index (χ0) is 18.6. The predicted octanol–water partition coefficient (Wildman–Crippen LogP) is 4.90. The van der Waals surface area contributed by atoms with Crippen LogP contribution in [0.2, 0.25) is 0 Å². The number of Topliss-reactive ketones (excluding diaryl/α,β-unsaturated/α-hetero) is 1. The molecule has 4 heteroatoms. The summed E-state index contributed by atoms with van der Waals surface area (Å²) in [6, 6.07) is 10.3. The van der Waals surface area contributed by atoms with Crippen LogP contribution in [0.5, 0.6) is 0 Å². The number of fused-ring (bicyclic) bond motifs is 2. The molecule has 0 spiro atoms. The zero-order valence-electron chi connectivity index (χ0n) is 15.1. The van der Waals surface area contributed by atoms with Gasteiger partial charge in [-0.1, -0.05) is 24.3 Å². The molecule has 4 rings (SSSR count). The van der Waals surface area contributed by atoms with Crippen LogP contribution in [0.25, 0.3) is 16.7 Å². The Morgan fingerprint density at radius 1 is 1.12 bits per heavy atom. The number of carbonyl (C=O) groups excluding carboxylic acids is 1. The second-order valence-corrected chi connectivity index (χ2v) is 7.46. The third-order valence-electron chi connectivity index (χ3n) is 5.52. The summed E-state index contributed by atoms with van der Waals surface area (Å²) < 4.78 is 18.9. The number of benzene rings is 2. The fraction of sp³-hybridized carbons (Fsp3) is 0.318. The first-order valence-electron chi connectivity index (χ1n) is 8.83. The summed E-state index contributed by atoms with van der Waals surface area (Å²) in [4.78, 5) is 12.8. The first-order valence-corrected chi connectivity index (χ1v) is 8.83. The molecule has 2 heterocycles. The Morgan fingerprint density at radius 3 is 2.35 bits per heavy atom. The zero-order valence-corrected chi connectivity index (χ0v) is 15.1. The quantitative estimate of drug-likeness (QED) is 0.836. The van der Waals surface area contributed by atoms with Gasteiger partial charge in [-0.2, -0.15) is 0 Å². The maximum atomic E-state index is 13.2. The highest BCUT2D eigenvalue weighted by molar-refractivity contribution is 6.25. The monoisotopic (exact) mass is 352 g/mol. The van der Waals surface area contributed by atoms with Crippen LogP contribution in [0.15, 0.2) is 42.2 Å². The van der Waals surface area contributed by atoms with Gasteiger partial charge < -0.3 is 9.84 Å². The van der Waals surface area contributed by atoms with E-state index < -0.39 is 11.7 Å². The minimum absolute atomic E-state index is 0.0389. The lowest BCUT2D eigenvalue weighted by molar-refractivity contribution is -0.130. The van der Waals surface area contributed by atoms with E-state index in [9.17, 15) is 14.3 Å². The molecule has 0 aliphatic carbocycles. The van der Waals surface area contributed by atoms with Crippen molar-refractivity contribution in [3.63, 3.8) is 0 Å². The number of hydrogen-bond acceptors (Lipinski definition) is 3. The van der Waals surface area contributed by atoms with Crippen molar-refractivity contribution in [2.24, 2.45) is 0 Å². The standard InChI is InChI=1S/C22H21FO3/c1-12-10-15(14-4-6-16(23)7-5-14)11-13(2)18(12)19-20(24)17-8-9-22(3,26-17)21(19)25/h4-7,10-11,17,25H,8-9H2,1-3H3. The first-order chi connectivity index (χ1) is 12.3. The van der Waals surface area contributed by atoms with Crippen LogP contribution in [0.1, 0.15) is 36.5 Å². The largest absolute Gasteiger partial charge is 0.508 e. The molecular weight excluding hydrogens is 331 g/mol. The van der Waals surface area contributed by atoms with Crippen molar-refractivity contribution in [2.45, 2.75) is 45.3 Å². The molecule has 134 valence electrons. The highest BCUT2D eigenvalue weighted by Gasteiger charge is 2.50. The number of ketones is 1. The van der Waals surface area contributed by atoms with Gasteiger partial charge in [0.1, 0.15) is 23.3 Å². The number of ether oxygens (including phenoxy) is 1. The lowest BCUT2D eigenvalue weighted by Gasteiger charge is -2.31. The molecule has 1 fully saturated rings. The maximum Gasteiger partial charge on any atom is 0.195 e.